The van der Waals surface area contributed by atoms with Crippen LogP contribution in [0.15, 0.2) is 30.9 Å². The van der Waals surface area contributed by atoms with Gasteiger partial charge in [-0.05, 0) is 32.0 Å². The van der Waals surface area contributed by atoms with Crippen LogP contribution in [0, 0.1) is 6.92 Å². The zero-order chi connectivity index (χ0) is 14.8. The molecule has 2 N–H and O–H groups in total. The lowest BCUT2D eigenvalue weighted by molar-refractivity contribution is -0.116. The molecule has 1 aromatic carbocycles. The van der Waals surface area contributed by atoms with E-state index in [0.29, 0.717) is 6.42 Å². The van der Waals surface area contributed by atoms with Gasteiger partial charge in [-0.25, -0.2) is 14.6 Å². The summed E-state index contributed by atoms with van der Waals surface area (Å²) in [4.78, 5) is 23.4. The van der Waals surface area contributed by atoms with Crippen molar-refractivity contribution in [2.75, 3.05) is 5.32 Å². The summed E-state index contributed by atoms with van der Waals surface area (Å²) in [5, 5.41) is 6.92. The monoisotopic (exact) mass is 284 g/mol. The van der Waals surface area contributed by atoms with Crippen molar-refractivity contribution in [1.82, 2.24) is 24.7 Å². The number of anilines is 1. The molecule has 3 aromatic rings. The number of rotatable bonds is 4. The van der Waals surface area contributed by atoms with E-state index >= 15 is 0 Å². The van der Waals surface area contributed by atoms with Gasteiger partial charge in [0.25, 0.3) is 0 Å². The molecule has 0 radical (unpaired) electrons. The molecule has 0 spiro atoms. The zero-order valence-electron chi connectivity index (χ0n) is 11.9. The first kappa shape index (κ1) is 13.3. The highest BCUT2D eigenvalue weighted by Gasteiger charge is 2.12. The Morgan fingerprint density at radius 2 is 2.33 bits per heavy atom. The minimum Gasteiger partial charge on any atom is -0.342 e. The SMILES string of the molecule is Cc1nc2ccc(NC(=O)CC(C)n3cncn3)cc2[nH]1. The van der Waals surface area contributed by atoms with E-state index in [2.05, 4.69) is 25.4 Å². The second kappa shape index (κ2) is 5.35. The highest BCUT2D eigenvalue weighted by Crippen LogP contribution is 2.18. The number of carbonyl (C=O) groups is 1. The van der Waals surface area contributed by atoms with Crippen LogP contribution in [-0.2, 0) is 4.79 Å². The van der Waals surface area contributed by atoms with Gasteiger partial charge in [-0.15, -0.1) is 0 Å². The Morgan fingerprint density at radius 3 is 3.10 bits per heavy atom. The maximum Gasteiger partial charge on any atom is 0.226 e. The number of nitrogens with one attached hydrogen (secondary N) is 2. The van der Waals surface area contributed by atoms with Crippen molar-refractivity contribution in [1.29, 1.82) is 0 Å². The van der Waals surface area contributed by atoms with Gasteiger partial charge in [0.1, 0.15) is 18.5 Å². The van der Waals surface area contributed by atoms with Gasteiger partial charge in [0.2, 0.25) is 5.91 Å². The van der Waals surface area contributed by atoms with Crippen LogP contribution in [0.4, 0.5) is 5.69 Å². The summed E-state index contributed by atoms with van der Waals surface area (Å²) in [5.74, 6) is 0.793. The van der Waals surface area contributed by atoms with Crippen molar-refractivity contribution >= 4 is 22.6 Å². The van der Waals surface area contributed by atoms with Crippen LogP contribution in [0.2, 0.25) is 0 Å². The topological polar surface area (TPSA) is 88.5 Å². The zero-order valence-corrected chi connectivity index (χ0v) is 11.9. The van der Waals surface area contributed by atoms with Crippen LogP contribution in [0.3, 0.4) is 0 Å². The Balaban J connectivity index is 1.68. The van der Waals surface area contributed by atoms with E-state index in [1.807, 2.05) is 32.0 Å². The number of fused-ring (bicyclic) bond motifs is 1. The van der Waals surface area contributed by atoms with E-state index in [0.717, 1.165) is 22.5 Å². The molecular weight excluding hydrogens is 268 g/mol. The van der Waals surface area contributed by atoms with Crippen molar-refractivity contribution in [2.45, 2.75) is 26.3 Å². The smallest absolute Gasteiger partial charge is 0.226 e. The molecule has 3 rings (SSSR count). The summed E-state index contributed by atoms with van der Waals surface area (Å²) in [6, 6.07) is 5.58. The lowest BCUT2D eigenvalue weighted by Crippen LogP contribution is -2.17. The Labute approximate surface area is 121 Å². The number of hydrogen-bond acceptors (Lipinski definition) is 4. The first-order chi connectivity index (χ1) is 10.1. The quantitative estimate of drug-likeness (QED) is 0.767. The molecule has 0 bridgehead atoms. The van der Waals surface area contributed by atoms with Gasteiger partial charge in [-0.2, -0.15) is 5.10 Å². The third-order valence-corrected chi connectivity index (χ3v) is 3.25. The van der Waals surface area contributed by atoms with E-state index < -0.39 is 0 Å². The fourth-order valence-electron chi connectivity index (χ4n) is 2.23. The number of aryl methyl sites for hydroxylation is 1. The molecule has 0 saturated heterocycles. The number of carbonyl (C=O) groups excluding carboxylic acids is 1. The maximum absolute atomic E-state index is 12.1. The normalized spacial score (nSPS) is 12.5. The van der Waals surface area contributed by atoms with Crippen LogP contribution in [0.1, 0.15) is 25.2 Å². The fraction of sp³-hybridized carbons (Fsp3) is 0.286. The number of nitrogens with zero attached hydrogens (tertiary/aromatic N) is 4. The number of H-pyrrole nitrogens is 1. The molecule has 0 aliphatic carbocycles. The van der Waals surface area contributed by atoms with Gasteiger partial charge < -0.3 is 10.3 Å². The standard InChI is InChI=1S/C14H16N6O/c1-9(20-8-15-7-16-20)5-14(21)19-11-3-4-12-13(6-11)18-10(2)17-12/h3-4,6-9H,5H2,1-2H3,(H,17,18)(H,19,21). The minimum atomic E-state index is -0.0615. The molecule has 0 fully saturated rings. The average molecular weight is 284 g/mol. The molecule has 2 aromatic heterocycles. The molecule has 2 heterocycles. The third kappa shape index (κ3) is 2.91. The molecule has 1 unspecified atom stereocenters. The highest BCUT2D eigenvalue weighted by molar-refractivity contribution is 5.93. The second-order valence-corrected chi connectivity index (χ2v) is 5.03. The number of aromatic amines is 1. The summed E-state index contributed by atoms with van der Waals surface area (Å²) >= 11 is 0. The predicted molar refractivity (Wildman–Crippen MR) is 78.8 cm³/mol. The van der Waals surface area contributed by atoms with Crippen molar-refractivity contribution < 1.29 is 4.79 Å². The van der Waals surface area contributed by atoms with Gasteiger partial charge in [0.15, 0.2) is 0 Å². The maximum atomic E-state index is 12.1. The summed E-state index contributed by atoms with van der Waals surface area (Å²) in [6.07, 6.45) is 3.41. The van der Waals surface area contributed by atoms with E-state index in [1.54, 1.807) is 11.0 Å². The first-order valence-corrected chi connectivity index (χ1v) is 6.72. The number of hydrogen-bond donors (Lipinski definition) is 2. The molecule has 7 heteroatoms. The van der Waals surface area contributed by atoms with Crippen molar-refractivity contribution in [3.8, 4) is 0 Å². The van der Waals surface area contributed by atoms with Gasteiger partial charge in [0, 0.05) is 12.1 Å². The van der Waals surface area contributed by atoms with E-state index in [1.165, 1.54) is 6.33 Å². The molecule has 1 atom stereocenters. The minimum absolute atomic E-state index is 0.0365. The van der Waals surface area contributed by atoms with Crippen LogP contribution in [0.5, 0.6) is 0 Å². The number of benzene rings is 1. The van der Waals surface area contributed by atoms with Gasteiger partial charge in [-0.1, -0.05) is 0 Å². The summed E-state index contributed by atoms with van der Waals surface area (Å²) in [7, 11) is 0. The third-order valence-electron chi connectivity index (χ3n) is 3.25. The molecule has 0 saturated carbocycles. The Morgan fingerprint density at radius 1 is 1.48 bits per heavy atom. The molecule has 7 nitrogen and oxygen atoms in total. The number of imidazole rings is 1. The van der Waals surface area contributed by atoms with E-state index in [9.17, 15) is 4.79 Å². The van der Waals surface area contributed by atoms with Gasteiger partial charge in [-0.3, -0.25) is 4.79 Å². The molecule has 21 heavy (non-hydrogen) atoms. The average Bonchev–Trinajstić information content (AvgIpc) is 3.05. The Hall–Kier alpha value is -2.70. The summed E-state index contributed by atoms with van der Waals surface area (Å²) < 4.78 is 1.67. The van der Waals surface area contributed by atoms with Crippen molar-refractivity contribution in [3.05, 3.63) is 36.7 Å². The van der Waals surface area contributed by atoms with Crippen LogP contribution in [0.25, 0.3) is 11.0 Å². The number of aromatic nitrogens is 5. The van der Waals surface area contributed by atoms with E-state index in [4.69, 9.17) is 0 Å². The lowest BCUT2D eigenvalue weighted by atomic mass is 10.2. The Kier molecular flexibility index (Phi) is 3.39. The molecule has 0 aliphatic heterocycles. The second-order valence-electron chi connectivity index (χ2n) is 5.03. The van der Waals surface area contributed by atoms with Crippen LogP contribution in [-0.4, -0.2) is 30.6 Å². The largest absolute Gasteiger partial charge is 0.342 e. The first-order valence-electron chi connectivity index (χ1n) is 6.72. The summed E-state index contributed by atoms with van der Waals surface area (Å²) in [6.45, 7) is 3.83. The molecule has 1 amide bonds. The highest BCUT2D eigenvalue weighted by atomic mass is 16.1. The van der Waals surface area contributed by atoms with Crippen molar-refractivity contribution in [3.63, 3.8) is 0 Å². The van der Waals surface area contributed by atoms with Crippen LogP contribution >= 0.6 is 0 Å². The molecule has 108 valence electrons. The predicted octanol–water partition coefficient (Wildman–Crippen LogP) is 2.05. The Bertz CT molecular complexity index is 761. The lowest BCUT2D eigenvalue weighted by Gasteiger charge is -2.11. The molecular formula is C14H16N6O. The van der Waals surface area contributed by atoms with Gasteiger partial charge >= 0.3 is 0 Å². The fourth-order valence-corrected chi connectivity index (χ4v) is 2.23. The number of amides is 1. The van der Waals surface area contributed by atoms with Gasteiger partial charge in [0.05, 0.1) is 17.1 Å². The van der Waals surface area contributed by atoms with Crippen LogP contribution < -0.4 is 5.32 Å². The van der Waals surface area contributed by atoms with E-state index in [-0.39, 0.29) is 11.9 Å². The molecule has 0 aliphatic rings. The van der Waals surface area contributed by atoms with Crippen molar-refractivity contribution in [2.24, 2.45) is 0 Å². The summed E-state index contributed by atoms with van der Waals surface area (Å²) in [5.41, 5.74) is 2.55.